The highest BCUT2D eigenvalue weighted by atomic mass is 32.2. The molecule has 4 rings (SSSR count). The molecule has 0 aliphatic carbocycles. The van der Waals surface area contributed by atoms with Crippen LogP contribution in [0.3, 0.4) is 0 Å². The van der Waals surface area contributed by atoms with Crippen molar-refractivity contribution >= 4 is 21.5 Å². The van der Waals surface area contributed by atoms with Gasteiger partial charge >= 0.3 is 6.18 Å². The van der Waals surface area contributed by atoms with Crippen LogP contribution >= 0.6 is 0 Å². The van der Waals surface area contributed by atoms with E-state index in [1.165, 1.54) is 60.0 Å². The number of hydrogen-bond acceptors (Lipinski definition) is 6. The lowest BCUT2D eigenvalue weighted by molar-refractivity contribution is -0.137. The molecule has 1 atom stereocenters. The summed E-state index contributed by atoms with van der Waals surface area (Å²) in [5, 5.41) is 3.84. The van der Waals surface area contributed by atoms with Crippen LogP contribution in [0.2, 0.25) is 0 Å². The van der Waals surface area contributed by atoms with Crippen LogP contribution in [0.25, 0.3) is 5.69 Å². The van der Waals surface area contributed by atoms with Crippen molar-refractivity contribution in [2.45, 2.75) is 31.0 Å². The highest BCUT2D eigenvalue weighted by Gasteiger charge is 2.41. The predicted molar refractivity (Wildman–Crippen MR) is 118 cm³/mol. The molecule has 34 heavy (non-hydrogen) atoms. The molecule has 0 unspecified atom stereocenters. The number of ketones is 1. The zero-order chi connectivity index (χ0) is 24.7. The third kappa shape index (κ3) is 4.42. The van der Waals surface area contributed by atoms with E-state index >= 15 is 0 Å². The summed E-state index contributed by atoms with van der Waals surface area (Å²) in [4.78, 5) is 16.8. The van der Waals surface area contributed by atoms with Gasteiger partial charge in [0, 0.05) is 31.2 Å². The molecule has 1 aliphatic rings. The Bertz CT molecular complexity index is 1290. The third-order valence-electron chi connectivity index (χ3n) is 5.74. The summed E-state index contributed by atoms with van der Waals surface area (Å²) in [6.45, 7) is 3.18. The van der Waals surface area contributed by atoms with Crippen molar-refractivity contribution in [3.63, 3.8) is 0 Å². The first-order valence-corrected chi connectivity index (χ1v) is 11.9. The van der Waals surface area contributed by atoms with Crippen molar-refractivity contribution in [2.24, 2.45) is 0 Å². The molecular formula is C22H22F3N5O3S. The van der Waals surface area contributed by atoms with Crippen molar-refractivity contribution in [3.8, 4) is 5.69 Å². The Kier molecular flexibility index (Phi) is 6.21. The molecule has 1 aromatic heterocycles. The Hall–Kier alpha value is -3.25. The summed E-state index contributed by atoms with van der Waals surface area (Å²) in [5.41, 5.74) is -0.668. The molecular weight excluding hydrogens is 471 g/mol. The fourth-order valence-electron chi connectivity index (χ4n) is 4.12. The van der Waals surface area contributed by atoms with E-state index in [2.05, 4.69) is 10.1 Å². The van der Waals surface area contributed by atoms with Gasteiger partial charge in [-0.2, -0.15) is 22.6 Å². The minimum Gasteiger partial charge on any atom is -0.368 e. The number of halogens is 3. The minimum atomic E-state index is -4.66. The fourth-order valence-corrected chi connectivity index (χ4v) is 5.73. The van der Waals surface area contributed by atoms with Crippen molar-refractivity contribution in [1.82, 2.24) is 19.1 Å². The molecule has 0 saturated carbocycles. The van der Waals surface area contributed by atoms with Gasteiger partial charge in [0.05, 0.1) is 16.3 Å². The number of alkyl halides is 3. The van der Waals surface area contributed by atoms with E-state index in [9.17, 15) is 26.4 Å². The van der Waals surface area contributed by atoms with Crippen LogP contribution in [0.5, 0.6) is 0 Å². The average molecular weight is 494 g/mol. The lowest BCUT2D eigenvalue weighted by Gasteiger charge is -2.41. The van der Waals surface area contributed by atoms with Gasteiger partial charge in [-0.15, -0.1) is 0 Å². The normalized spacial score (nSPS) is 17.7. The quantitative estimate of drug-likeness (QED) is 0.507. The second-order valence-corrected chi connectivity index (χ2v) is 9.89. The van der Waals surface area contributed by atoms with E-state index in [4.69, 9.17) is 0 Å². The molecule has 1 saturated heterocycles. The summed E-state index contributed by atoms with van der Waals surface area (Å²) < 4.78 is 71.0. The summed E-state index contributed by atoms with van der Waals surface area (Å²) >= 11 is 0. The third-order valence-corrected chi connectivity index (χ3v) is 7.77. The molecule has 12 heteroatoms. The maximum absolute atomic E-state index is 14.1. The minimum absolute atomic E-state index is 0.00279. The van der Waals surface area contributed by atoms with Gasteiger partial charge in [-0.25, -0.2) is 18.1 Å². The molecule has 2 aromatic carbocycles. The molecule has 3 aromatic rings. The molecule has 1 aliphatic heterocycles. The highest BCUT2D eigenvalue weighted by Crippen LogP contribution is 2.41. The van der Waals surface area contributed by atoms with Gasteiger partial charge in [0.1, 0.15) is 18.2 Å². The van der Waals surface area contributed by atoms with Crippen molar-refractivity contribution in [2.75, 3.05) is 24.5 Å². The Morgan fingerprint density at radius 3 is 2.29 bits per heavy atom. The Morgan fingerprint density at radius 1 is 1.06 bits per heavy atom. The van der Waals surface area contributed by atoms with Gasteiger partial charge < -0.3 is 4.90 Å². The van der Waals surface area contributed by atoms with Gasteiger partial charge in [0.2, 0.25) is 10.0 Å². The molecule has 1 fully saturated rings. The van der Waals surface area contributed by atoms with Gasteiger partial charge in [-0.1, -0.05) is 18.2 Å². The van der Waals surface area contributed by atoms with Gasteiger partial charge in [-0.05, 0) is 38.1 Å². The number of piperazine rings is 1. The second kappa shape index (κ2) is 8.84. The van der Waals surface area contributed by atoms with Crippen molar-refractivity contribution in [1.29, 1.82) is 0 Å². The van der Waals surface area contributed by atoms with Crippen molar-refractivity contribution in [3.05, 3.63) is 66.2 Å². The van der Waals surface area contributed by atoms with E-state index < -0.39 is 27.8 Å². The predicted octanol–water partition coefficient (Wildman–Crippen LogP) is 3.39. The monoisotopic (exact) mass is 493 g/mol. The fraction of sp³-hybridized carbons (Fsp3) is 0.318. The van der Waals surface area contributed by atoms with Gasteiger partial charge in [-0.3, -0.25) is 4.79 Å². The number of aromatic nitrogens is 3. The number of sulfonamides is 1. The molecule has 0 amide bonds. The number of rotatable bonds is 5. The number of Topliss-reactive ketones (excluding diaryl/α,β-unsaturated/α-hetero) is 1. The Labute approximate surface area is 194 Å². The zero-order valence-corrected chi connectivity index (χ0v) is 19.2. The summed E-state index contributed by atoms with van der Waals surface area (Å²) in [5.74, 6) is -0.181. The van der Waals surface area contributed by atoms with E-state index in [-0.39, 0.29) is 41.7 Å². The molecule has 0 N–H and O–H groups in total. The standard InChI is InChI=1S/C22H22F3N5O3S/c1-15-12-28(10-11-30(15)34(32,33)18-8-6-17(7-9-18)16(2)31)19-4-3-5-20(21(19)22(23,24)25)29-14-26-13-27-29/h3-9,13-15H,10-12H2,1-2H3/t15-/m1/s1. The van der Waals surface area contributed by atoms with Crippen LogP contribution in [0.4, 0.5) is 18.9 Å². The topological polar surface area (TPSA) is 88.4 Å². The maximum atomic E-state index is 14.1. The number of hydrogen-bond donors (Lipinski definition) is 0. The molecule has 180 valence electrons. The van der Waals surface area contributed by atoms with Crippen LogP contribution in [-0.2, 0) is 16.2 Å². The molecule has 0 bridgehead atoms. The number of benzene rings is 2. The molecule has 8 nitrogen and oxygen atoms in total. The van der Waals surface area contributed by atoms with Crippen LogP contribution in [-0.4, -0.2) is 58.9 Å². The maximum Gasteiger partial charge on any atom is 0.420 e. The lowest BCUT2D eigenvalue weighted by Crippen LogP contribution is -2.54. The summed E-state index contributed by atoms with van der Waals surface area (Å²) in [6, 6.07) is 9.23. The summed E-state index contributed by atoms with van der Waals surface area (Å²) in [7, 11) is -3.89. The van der Waals surface area contributed by atoms with Gasteiger partial charge in [0.25, 0.3) is 0 Å². The van der Waals surface area contributed by atoms with E-state index in [1.807, 2.05) is 0 Å². The Morgan fingerprint density at radius 2 is 1.74 bits per heavy atom. The number of nitrogens with zero attached hydrogens (tertiary/aromatic N) is 5. The molecule has 0 spiro atoms. The first-order valence-electron chi connectivity index (χ1n) is 10.4. The second-order valence-electron chi connectivity index (χ2n) is 8.00. The van der Waals surface area contributed by atoms with E-state index in [0.717, 1.165) is 11.0 Å². The SMILES string of the molecule is CC(=O)c1ccc(S(=O)(=O)N2CCN(c3cccc(-n4cncn4)c3C(F)(F)F)C[C@H]2C)cc1. The summed E-state index contributed by atoms with van der Waals surface area (Å²) in [6.07, 6.45) is -2.32. The lowest BCUT2D eigenvalue weighted by atomic mass is 10.1. The number of carbonyl (C=O) groups is 1. The van der Waals surface area contributed by atoms with E-state index in [1.54, 1.807) is 11.8 Å². The first-order chi connectivity index (χ1) is 16.0. The largest absolute Gasteiger partial charge is 0.420 e. The first kappa shape index (κ1) is 23.9. The molecule has 2 heterocycles. The van der Waals surface area contributed by atoms with Gasteiger partial charge in [0.15, 0.2) is 5.78 Å². The van der Waals surface area contributed by atoms with Crippen LogP contribution in [0.1, 0.15) is 29.8 Å². The number of carbonyl (C=O) groups excluding carboxylic acids is 1. The number of anilines is 1. The van der Waals surface area contributed by atoms with Crippen molar-refractivity contribution < 1.29 is 26.4 Å². The smallest absolute Gasteiger partial charge is 0.368 e. The highest BCUT2D eigenvalue weighted by molar-refractivity contribution is 7.89. The van der Waals surface area contributed by atoms with E-state index in [0.29, 0.717) is 5.56 Å². The van der Waals surface area contributed by atoms with Crippen LogP contribution in [0.15, 0.2) is 60.0 Å². The molecule has 0 radical (unpaired) electrons. The zero-order valence-electron chi connectivity index (χ0n) is 18.4. The van der Waals surface area contributed by atoms with Crippen LogP contribution in [0, 0.1) is 0 Å². The van der Waals surface area contributed by atoms with Crippen LogP contribution < -0.4 is 4.90 Å². The Balaban J connectivity index is 1.63. The average Bonchev–Trinajstić information content (AvgIpc) is 3.32.